The number of alkyl halides is 3. The van der Waals surface area contributed by atoms with E-state index in [1.165, 1.54) is 18.2 Å². The first-order valence-corrected chi connectivity index (χ1v) is 9.29. The number of hydrogen-bond donors (Lipinski definition) is 1. The monoisotopic (exact) mass is 409 g/mol. The van der Waals surface area contributed by atoms with E-state index >= 15 is 0 Å². The molecule has 0 bridgehead atoms. The Morgan fingerprint density at radius 3 is 2.27 bits per heavy atom. The number of carbonyl (C=O) groups excluding carboxylic acids is 1. The van der Waals surface area contributed by atoms with Gasteiger partial charge in [-0.2, -0.15) is 13.2 Å². The topological polar surface area (TPSA) is 46.9 Å². The van der Waals surface area contributed by atoms with Gasteiger partial charge in [-0.1, -0.05) is 54.6 Å². The largest absolute Gasteiger partial charge is 0.417 e. The number of carbonyl (C=O) groups is 1. The van der Waals surface area contributed by atoms with Crippen LogP contribution in [0.25, 0.3) is 11.0 Å². The summed E-state index contributed by atoms with van der Waals surface area (Å²) >= 11 is 0. The zero-order valence-corrected chi connectivity index (χ0v) is 16.0. The molecule has 30 heavy (non-hydrogen) atoms. The fraction of sp³-hybridized carbons (Fsp3) is 0.130. The fourth-order valence-corrected chi connectivity index (χ4v) is 3.50. The molecule has 1 amide bonds. The van der Waals surface area contributed by atoms with Crippen LogP contribution in [-0.4, -0.2) is 15.5 Å². The Bertz CT molecular complexity index is 1200. The molecule has 4 rings (SSSR count). The molecule has 0 saturated carbocycles. The molecule has 0 aliphatic carbocycles. The SMILES string of the molecule is Cn1c([C@H](NC(=O)c2ccccc2C(F)(F)F)c2ccccc2)nc2ccccc21. The highest BCUT2D eigenvalue weighted by Crippen LogP contribution is 2.32. The third kappa shape index (κ3) is 3.66. The predicted octanol–water partition coefficient (Wildman–Crippen LogP) is 5.11. The summed E-state index contributed by atoms with van der Waals surface area (Å²) in [6, 6.07) is 20.6. The van der Waals surface area contributed by atoms with Crippen molar-refractivity contribution in [3.05, 3.63) is 101 Å². The normalized spacial score (nSPS) is 12.7. The Labute approximate surface area is 171 Å². The minimum absolute atomic E-state index is 0.426. The average Bonchev–Trinajstić information content (AvgIpc) is 3.08. The molecule has 0 fully saturated rings. The van der Waals surface area contributed by atoms with E-state index in [4.69, 9.17) is 0 Å². The van der Waals surface area contributed by atoms with Crippen LogP contribution in [0.15, 0.2) is 78.9 Å². The van der Waals surface area contributed by atoms with Gasteiger partial charge in [0.25, 0.3) is 5.91 Å². The number of halogens is 3. The Hall–Kier alpha value is -3.61. The van der Waals surface area contributed by atoms with Crippen molar-refractivity contribution in [3.8, 4) is 0 Å². The van der Waals surface area contributed by atoms with Gasteiger partial charge in [0.15, 0.2) is 0 Å². The molecular weight excluding hydrogens is 391 g/mol. The van der Waals surface area contributed by atoms with E-state index in [-0.39, 0.29) is 0 Å². The highest BCUT2D eigenvalue weighted by molar-refractivity contribution is 5.96. The second-order valence-electron chi connectivity index (χ2n) is 6.88. The zero-order valence-electron chi connectivity index (χ0n) is 16.0. The van der Waals surface area contributed by atoms with Crippen LogP contribution in [0.5, 0.6) is 0 Å². The Morgan fingerprint density at radius 1 is 0.933 bits per heavy atom. The van der Waals surface area contributed by atoms with E-state index in [0.717, 1.165) is 17.1 Å². The third-order valence-corrected chi connectivity index (χ3v) is 4.97. The predicted molar refractivity (Wildman–Crippen MR) is 108 cm³/mol. The molecule has 0 saturated heterocycles. The molecule has 0 radical (unpaired) electrons. The number of hydrogen-bond acceptors (Lipinski definition) is 2. The van der Waals surface area contributed by atoms with Crippen molar-refractivity contribution >= 4 is 16.9 Å². The Balaban J connectivity index is 1.79. The number of para-hydroxylation sites is 2. The van der Waals surface area contributed by atoms with Gasteiger partial charge in [-0.25, -0.2) is 4.98 Å². The number of imidazole rings is 1. The van der Waals surface area contributed by atoms with Crippen LogP contribution in [0.4, 0.5) is 13.2 Å². The minimum Gasteiger partial charge on any atom is -0.338 e. The number of aryl methyl sites for hydroxylation is 1. The highest BCUT2D eigenvalue weighted by Gasteiger charge is 2.35. The van der Waals surface area contributed by atoms with Crippen molar-refractivity contribution in [3.63, 3.8) is 0 Å². The van der Waals surface area contributed by atoms with E-state index in [2.05, 4.69) is 10.3 Å². The van der Waals surface area contributed by atoms with E-state index in [0.29, 0.717) is 11.4 Å². The summed E-state index contributed by atoms with van der Waals surface area (Å²) in [7, 11) is 1.82. The molecule has 0 aliphatic heterocycles. The van der Waals surface area contributed by atoms with Crippen LogP contribution in [0, 0.1) is 0 Å². The standard InChI is InChI=1S/C23H18F3N3O/c1-29-19-14-8-7-13-18(19)27-21(29)20(15-9-3-2-4-10-15)28-22(30)16-11-5-6-12-17(16)23(24,25)26/h2-14,20H,1H3,(H,28,30)/t20-/m1/s1. The summed E-state index contributed by atoms with van der Waals surface area (Å²) < 4.78 is 42.0. The summed E-state index contributed by atoms with van der Waals surface area (Å²) in [5.74, 6) is -0.288. The maximum atomic E-state index is 13.4. The van der Waals surface area contributed by atoms with Crippen molar-refractivity contribution in [2.75, 3.05) is 0 Å². The average molecular weight is 409 g/mol. The van der Waals surface area contributed by atoms with Gasteiger partial charge in [0.05, 0.1) is 22.2 Å². The first kappa shape index (κ1) is 19.7. The summed E-state index contributed by atoms with van der Waals surface area (Å²) in [4.78, 5) is 17.6. The van der Waals surface area contributed by atoms with Gasteiger partial charge in [0.2, 0.25) is 0 Å². The number of nitrogens with zero attached hydrogens (tertiary/aromatic N) is 2. The maximum absolute atomic E-state index is 13.4. The highest BCUT2D eigenvalue weighted by atomic mass is 19.4. The van der Waals surface area contributed by atoms with E-state index < -0.39 is 29.3 Å². The number of nitrogens with one attached hydrogen (secondary N) is 1. The molecule has 4 aromatic rings. The summed E-state index contributed by atoms with van der Waals surface area (Å²) in [5, 5.41) is 2.76. The van der Waals surface area contributed by atoms with Crippen LogP contribution >= 0.6 is 0 Å². The quantitative estimate of drug-likeness (QED) is 0.509. The molecule has 0 aliphatic rings. The molecule has 3 aromatic carbocycles. The van der Waals surface area contributed by atoms with Gasteiger partial charge in [0.1, 0.15) is 11.9 Å². The van der Waals surface area contributed by atoms with E-state index in [1.807, 2.05) is 41.9 Å². The number of rotatable bonds is 4. The summed E-state index contributed by atoms with van der Waals surface area (Å²) in [6.07, 6.45) is -4.63. The van der Waals surface area contributed by atoms with Gasteiger partial charge < -0.3 is 9.88 Å². The summed E-state index contributed by atoms with van der Waals surface area (Å²) in [6.45, 7) is 0. The molecule has 0 unspecified atom stereocenters. The lowest BCUT2D eigenvalue weighted by molar-refractivity contribution is -0.137. The van der Waals surface area contributed by atoms with Crippen LogP contribution in [0.1, 0.15) is 33.4 Å². The van der Waals surface area contributed by atoms with Crippen molar-refractivity contribution in [1.82, 2.24) is 14.9 Å². The Morgan fingerprint density at radius 2 is 1.57 bits per heavy atom. The number of aromatic nitrogens is 2. The number of benzene rings is 3. The molecule has 152 valence electrons. The van der Waals surface area contributed by atoms with Crippen molar-refractivity contribution in [2.24, 2.45) is 7.05 Å². The lowest BCUT2D eigenvalue weighted by Gasteiger charge is -2.20. The van der Waals surface area contributed by atoms with Crippen LogP contribution in [0.3, 0.4) is 0 Å². The maximum Gasteiger partial charge on any atom is 0.417 e. The summed E-state index contributed by atoms with van der Waals surface area (Å²) in [5.41, 5.74) is 0.914. The van der Waals surface area contributed by atoms with Gasteiger partial charge in [0, 0.05) is 7.05 Å². The third-order valence-electron chi connectivity index (χ3n) is 4.97. The molecule has 1 aromatic heterocycles. The van der Waals surface area contributed by atoms with Gasteiger partial charge in [-0.05, 0) is 29.8 Å². The molecule has 4 nitrogen and oxygen atoms in total. The molecular formula is C23H18F3N3O. The van der Waals surface area contributed by atoms with Gasteiger partial charge in [-0.15, -0.1) is 0 Å². The van der Waals surface area contributed by atoms with Crippen molar-refractivity contribution in [1.29, 1.82) is 0 Å². The molecule has 1 heterocycles. The second kappa shape index (κ2) is 7.67. The van der Waals surface area contributed by atoms with Crippen LogP contribution in [-0.2, 0) is 13.2 Å². The van der Waals surface area contributed by atoms with Crippen molar-refractivity contribution < 1.29 is 18.0 Å². The van der Waals surface area contributed by atoms with Gasteiger partial charge in [-0.3, -0.25) is 4.79 Å². The zero-order chi connectivity index (χ0) is 21.3. The fourth-order valence-electron chi connectivity index (χ4n) is 3.50. The van der Waals surface area contributed by atoms with Gasteiger partial charge >= 0.3 is 6.18 Å². The lowest BCUT2D eigenvalue weighted by Crippen LogP contribution is -2.32. The van der Waals surface area contributed by atoms with Crippen LogP contribution < -0.4 is 5.32 Å². The number of fused-ring (bicyclic) bond motifs is 1. The molecule has 1 N–H and O–H groups in total. The smallest absolute Gasteiger partial charge is 0.338 e. The lowest BCUT2D eigenvalue weighted by atomic mass is 10.0. The van der Waals surface area contributed by atoms with E-state index in [1.54, 1.807) is 24.3 Å². The second-order valence-corrected chi connectivity index (χ2v) is 6.88. The molecule has 7 heteroatoms. The molecule has 1 atom stereocenters. The van der Waals surface area contributed by atoms with Crippen molar-refractivity contribution in [2.45, 2.75) is 12.2 Å². The first-order valence-electron chi connectivity index (χ1n) is 9.29. The van der Waals surface area contributed by atoms with E-state index in [9.17, 15) is 18.0 Å². The first-order chi connectivity index (χ1) is 14.4. The number of amides is 1. The Kier molecular flexibility index (Phi) is 5.03. The molecule has 0 spiro atoms. The van der Waals surface area contributed by atoms with Crippen LogP contribution in [0.2, 0.25) is 0 Å². The minimum atomic E-state index is -4.63.